The summed E-state index contributed by atoms with van der Waals surface area (Å²) < 4.78 is 0. The second-order valence-electron chi connectivity index (χ2n) is 6.36. The van der Waals surface area contributed by atoms with Crippen LogP contribution in [0.1, 0.15) is 57.2 Å². The maximum absolute atomic E-state index is 2.45. The first-order valence-electron chi connectivity index (χ1n) is 7.08. The lowest BCUT2D eigenvalue weighted by Gasteiger charge is -2.46. The van der Waals surface area contributed by atoms with Crippen molar-refractivity contribution < 1.29 is 0 Å². The summed E-state index contributed by atoms with van der Waals surface area (Å²) in [5, 5.41) is 0. The third-order valence-corrected chi connectivity index (χ3v) is 4.86. The van der Waals surface area contributed by atoms with E-state index in [1.54, 1.807) is 11.1 Å². The van der Waals surface area contributed by atoms with Crippen molar-refractivity contribution in [2.75, 3.05) is 0 Å². The van der Waals surface area contributed by atoms with Crippen molar-refractivity contribution in [1.29, 1.82) is 0 Å². The van der Waals surface area contributed by atoms with Crippen molar-refractivity contribution in [3.05, 3.63) is 34.9 Å². The van der Waals surface area contributed by atoms with E-state index in [-0.39, 0.29) is 0 Å². The molecule has 0 bridgehead atoms. The average molecular weight is 230 g/mol. The molecule has 1 aliphatic rings. The third kappa shape index (κ3) is 1.92. The van der Waals surface area contributed by atoms with Gasteiger partial charge in [0.2, 0.25) is 0 Å². The molecule has 0 heteroatoms. The molecule has 0 unspecified atom stereocenters. The van der Waals surface area contributed by atoms with Gasteiger partial charge in [0.1, 0.15) is 0 Å². The van der Waals surface area contributed by atoms with Crippen LogP contribution in [-0.2, 0) is 11.8 Å². The topological polar surface area (TPSA) is 0 Å². The summed E-state index contributed by atoms with van der Waals surface area (Å²) in [6.07, 6.45) is 3.99. The van der Waals surface area contributed by atoms with E-state index >= 15 is 0 Å². The fourth-order valence-corrected chi connectivity index (χ4v) is 3.91. The molecule has 0 heterocycles. The van der Waals surface area contributed by atoms with Gasteiger partial charge in [-0.15, -0.1) is 0 Å². The molecule has 0 saturated heterocycles. The Morgan fingerprint density at radius 1 is 1.06 bits per heavy atom. The van der Waals surface area contributed by atoms with Crippen molar-refractivity contribution in [3.8, 4) is 0 Å². The molecule has 0 nitrogen and oxygen atoms in total. The molecular formula is C17H26. The molecule has 0 aliphatic heterocycles. The maximum atomic E-state index is 2.45. The lowest BCUT2D eigenvalue weighted by atomic mass is 9.58. The first kappa shape index (κ1) is 12.7. The van der Waals surface area contributed by atoms with Crippen molar-refractivity contribution in [2.24, 2.45) is 11.8 Å². The molecule has 2 rings (SSSR count). The standard InChI is InChI=1S/C17H26/c1-12(2)17(13(3)4)10-6-7-15-9-8-14(5)11-16(15)17/h8-9,11-13H,6-7,10H2,1-5H3. The number of rotatable bonds is 2. The second-order valence-corrected chi connectivity index (χ2v) is 6.36. The molecule has 0 atom stereocenters. The zero-order valence-corrected chi connectivity index (χ0v) is 12.0. The highest BCUT2D eigenvalue weighted by Crippen LogP contribution is 2.48. The van der Waals surface area contributed by atoms with Crippen LogP contribution in [0, 0.1) is 18.8 Å². The van der Waals surface area contributed by atoms with Crippen LogP contribution in [0.15, 0.2) is 18.2 Å². The monoisotopic (exact) mass is 230 g/mol. The number of benzene rings is 1. The van der Waals surface area contributed by atoms with E-state index in [0.29, 0.717) is 5.41 Å². The number of hydrogen-bond acceptors (Lipinski definition) is 0. The van der Waals surface area contributed by atoms with Gasteiger partial charge in [0.05, 0.1) is 0 Å². The molecule has 17 heavy (non-hydrogen) atoms. The molecule has 0 aromatic heterocycles. The Kier molecular flexibility index (Phi) is 3.34. The van der Waals surface area contributed by atoms with Crippen LogP contribution < -0.4 is 0 Å². The fraction of sp³-hybridized carbons (Fsp3) is 0.647. The number of hydrogen-bond donors (Lipinski definition) is 0. The van der Waals surface area contributed by atoms with Gasteiger partial charge in [-0.1, -0.05) is 51.5 Å². The minimum Gasteiger partial charge on any atom is -0.0619 e. The van der Waals surface area contributed by atoms with Crippen LogP contribution >= 0.6 is 0 Å². The van der Waals surface area contributed by atoms with Gasteiger partial charge in [0, 0.05) is 5.41 Å². The number of aryl methyl sites for hydroxylation is 2. The summed E-state index contributed by atoms with van der Waals surface area (Å²) in [5.74, 6) is 1.45. The Hall–Kier alpha value is -0.780. The molecule has 0 amide bonds. The van der Waals surface area contributed by atoms with Gasteiger partial charge in [-0.2, -0.15) is 0 Å². The zero-order valence-electron chi connectivity index (χ0n) is 12.0. The van der Waals surface area contributed by atoms with Crippen LogP contribution in [0.4, 0.5) is 0 Å². The molecule has 1 aliphatic carbocycles. The first-order chi connectivity index (χ1) is 7.98. The van der Waals surface area contributed by atoms with E-state index < -0.39 is 0 Å². The highest BCUT2D eigenvalue weighted by molar-refractivity contribution is 5.40. The molecule has 0 spiro atoms. The Balaban J connectivity index is 2.61. The average Bonchev–Trinajstić information content (AvgIpc) is 2.27. The van der Waals surface area contributed by atoms with Crippen LogP contribution in [0.5, 0.6) is 0 Å². The van der Waals surface area contributed by atoms with Crippen molar-refractivity contribution in [2.45, 2.75) is 59.3 Å². The van der Waals surface area contributed by atoms with Crippen molar-refractivity contribution in [1.82, 2.24) is 0 Å². The van der Waals surface area contributed by atoms with Gasteiger partial charge in [-0.05, 0) is 49.1 Å². The largest absolute Gasteiger partial charge is 0.0619 e. The van der Waals surface area contributed by atoms with E-state index in [1.807, 2.05) is 0 Å². The summed E-state index contributed by atoms with van der Waals surface area (Å²) in [7, 11) is 0. The lowest BCUT2D eigenvalue weighted by Crippen LogP contribution is -2.41. The molecular weight excluding hydrogens is 204 g/mol. The van der Waals surface area contributed by atoms with Crippen LogP contribution in [0.25, 0.3) is 0 Å². The summed E-state index contributed by atoms with van der Waals surface area (Å²) in [4.78, 5) is 0. The number of fused-ring (bicyclic) bond motifs is 1. The molecule has 0 fully saturated rings. The van der Waals surface area contributed by atoms with E-state index in [0.717, 1.165) is 11.8 Å². The molecule has 0 radical (unpaired) electrons. The second kappa shape index (κ2) is 4.48. The predicted octanol–water partition coefficient (Wildman–Crippen LogP) is 4.88. The zero-order chi connectivity index (χ0) is 12.6. The minimum absolute atomic E-state index is 0.402. The Bertz CT molecular complexity index is 390. The van der Waals surface area contributed by atoms with Gasteiger partial charge in [-0.25, -0.2) is 0 Å². The summed E-state index contributed by atoms with van der Waals surface area (Å²) >= 11 is 0. The van der Waals surface area contributed by atoms with E-state index in [2.05, 4.69) is 52.8 Å². The Morgan fingerprint density at radius 2 is 1.71 bits per heavy atom. The lowest BCUT2D eigenvalue weighted by molar-refractivity contribution is 0.186. The first-order valence-corrected chi connectivity index (χ1v) is 7.08. The van der Waals surface area contributed by atoms with Gasteiger partial charge < -0.3 is 0 Å². The van der Waals surface area contributed by atoms with Gasteiger partial charge in [0.15, 0.2) is 0 Å². The molecule has 0 saturated carbocycles. The fourth-order valence-electron chi connectivity index (χ4n) is 3.91. The van der Waals surface area contributed by atoms with Gasteiger partial charge in [0.25, 0.3) is 0 Å². The van der Waals surface area contributed by atoms with Crippen LogP contribution in [0.2, 0.25) is 0 Å². The predicted molar refractivity (Wildman–Crippen MR) is 75.5 cm³/mol. The van der Waals surface area contributed by atoms with Gasteiger partial charge >= 0.3 is 0 Å². The molecule has 0 N–H and O–H groups in total. The maximum Gasteiger partial charge on any atom is 0.000188 e. The molecule has 94 valence electrons. The van der Waals surface area contributed by atoms with E-state index in [4.69, 9.17) is 0 Å². The normalized spacial score (nSPS) is 18.5. The van der Waals surface area contributed by atoms with Crippen molar-refractivity contribution >= 4 is 0 Å². The van der Waals surface area contributed by atoms with E-state index in [9.17, 15) is 0 Å². The summed E-state index contributed by atoms with van der Waals surface area (Å²) in [6, 6.07) is 7.09. The highest BCUT2D eigenvalue weighted by Gasteiger charge is 2.41. The Morgan fingerprint density at radius 3 is 2.29 bits per heavy atom. The van der Waals surface area contributed by atoms with E-state index in [1.165, 1.54) is 24.8 Å². The smallest absolute Gasteiger partial charge is 0.000188 e. The third-order valence-electron chi connectivity index (χ3n) is 4.86. The van der Waals surface area contributed by atoms with Crippen LogP contribution in [-0.4, -0.2) is 0 Å². The quantitative estimate of drug-likeness (QED) is 0.679. The Labute approximate surface area is 106 Å². The summed E-state index contributed by atoms with van der Waals surface area (Å²) in [5.41, 5.74) is 5.06. The molecule has 1 aromatic carbocycles. The molecule has 1 aromatic rings. The minimum atomic E-state index is 0.402. The summed E-state index contributed by atoms with van der Waals surface area (Å²) in [6.45, 7) is 11.8. The van der Waals surface area contributed by atoms with Crippen LogP contribution in [0.3, 0.4) is 0 Å². The van der Waals surface area contributed by atoms with Gasteiger partial charge in [-0.3, -0.25) is 0 Å². The van der Waals surface area contributed by atoms with Crippen molar-refractivity contribution in [3.63, 3.8) is 0 Å². The highest BCUT2D eigenvalue weighted by atomic mass is 14.5. The SMILES string of the molecule is Cc1ccc2c(c1)C(C(C)C)(C(C)C)CCC2.